The van der Waals surface area contributed by atoms with Crippen molar-refractivity contribution in [1.82, 2.24) is 20.5 Å². The van der Waals surface area contributed by atoms with Gasteiger partial charge in [0.25, 0.3) is 0 Å². The molecule has 1 unspecified atom stereocenters. The second kappa shape index (κ2) is 6.04. The van der Waals surface area contributed by atoms with Crippen LogP contribution in [0.5, 0.6) is 0 Å². The van der Waals surface area contributed by atoms with Gasteiger partial charge in [-0.2, -0.15) is 5.10 Å². The molecule has 1 saturated carbocycles. The highest BCUT2D eigenvalue weighted by Crippen LogP contribution is 2.39. The minimum Gasteiger partial charge on any atom is -0.444 e. The summed E-state index contributed by atoms with van der Waals surface area (Å²) in [5.74, 6) is 3.41. The molecule has 2 fully saturated rings. The summed E-state index contributed by atoms with van der Waals surface area (Å²) in [5, 5.41) is 11.7. The highest BCUT2D eigenvalue weighted by atomic mass is 16.4. The Balaban J connectivity index is 1.30. The number of nitrogens with zero attached hydrogens (tertiary/aromatic N) is 4. The zero-order valence-corrected chi connectivity index (χ0v) is 12.6. The van der Waals surface area contributed by atoms with Crippen molar-refractivity contribution in [1.29, 1.82) is 0 Å². The SMILES string of the molecule is c1cnnc(N2CCCC2CNCc2cnc(C3CC3)o2)c1. The van der Waals surface area contributed by atoms with Gasteiger partial charge in [-0.3, -0.25) is 0 Å². The van der Waals surface area contributed by atoms with E-state index < -0.39 is 0 Å². The van der Waals surface area contributed by atoms with Crippen molar-refractivity contribution < 1.29 is 4.42 Å². The quantitative estimate of drug-likeness (QED) is 0.881. The number of rotatable bonds is 6. The molecule has 6 heteroatoms. The highest BCUT2D eigenvalue weighted by Gasteiger charge is 2.28. The summed E-state index contributed by atoms with van der Waals surface area (Å²) in [7, 11) is 0. The maximum absolute atomic E-state index is 5.77. The average molecular weight is 299 g/mol. The molecular formula is C16H21N5O. The predicted octanol–water partition coefficient (Wildman–Crippen LogP) is 2.10. The number of hydrogen-bond acceptors (Lipinski definition) is 6. The van der Waals surface area contributed by atoms with E-state index in [4.69, 9.17) is 4.42 Å². The second-order valence-corrected chi connectivity index (χ2v) is 6.14. The Morgan fingerprint density at radius 1 is 1.32 bits per heavy atom. The fourth-order valence-corrected chi connectivity index (χ4v) is 3.08. The lowest BCUT2D eigenvalue weighted by Crippen LogP contribution is -2.38. The van der Waals surface area contributed by atoms with Crippen molar-refractivity contribution in [2.45, 2.75) is 44.2 Å². The van der Waals surface area contributed by atoms with Crippen molar-refractivity contribution in [3.8, 4) is 0 Å². The van der Waals surface area contributed by atoms with Crippen molar-refractivity contribution in [2.24, 2.45) is 0 Å². The zero-order valence-electron chi connectivity index (χ0n) is 12.6. The third-order valence-corrected chi connectivity index (χ3v) is 4.41. The van der Waals surface area contributed by atoms with Crippen molar-refractivity contribution in [3.63, 3.8) is 0 Å². The molecular weight excluding hydrogens is 278 g/mol. The topological polar surface area (TPSA) is 67.1 Å². The Bertz CT molecular complexity index is 610. The largest absolute Gasteiger partial charge is 0.444 e. The first-order valence-corrected chi connectivity index (χ1v) is 8.10. The van der Waals surface area contributed by atoms with Crippen LogP contribution >= 0.6 is 0 Å². The van der Waals surface area contributed by atoms with Gasteiger partial charge >= 0.3 is 0 Å². The molecule has 2 aromatic rings. The van der Waals surface area contributed by atoms with Crippen molar-refractivity contribution >= 4 is 5.82 Å². The predicted molar refractivity (Wildman–Crippen MR) is 82.6 cm³/mol. The standard InChI is InChI=1S/C16H21N5O/c1-4-15(20-19-7-1)21-8-2-3-13(21)9-17-10-14-11-18-16(22-14)12-5-6-12/h1,4,7,11-13,17H,2-3,5-6,8-10H2. The van der Waals surface area contributed by atoms with Crippen LogP contribution in [0.25, 0.3) is 0 Å². The molecule has 1 N–H and O–H groups in total. The molecule has 2 aliphatic rings. The molecule has 1 aliphatic carbocycles. The average Bonchev–Trinajstić information content (AvgIpc) is 3.12. The van der Waals surface area contributed by atoms with Crippen molar-refractivity contribution in [2.75, 3.05) is 18.0 Å². The molecule has 1 saturated heterocycles. The maximum atomic E-state index is 5.77. The first kappa shape index (κ1) is 13.7. The van der Waals surface area contributed by atoms with Crippen molar-refractivity contribution in [3.05, 3.63) is 36.2 Å². The van der Waals surface area contributed by atoms with Gasteiger partial charge in [0.1, 0.15) is 5.76 Å². The Labute approximate surface area is 129 Å². The van der Waals surface area contributed by atoms with Gasteiger partial charge in [-0.15, -0.1) is 5.10 Å². The molecule has 6 nitrogen and oxygen atoms in total. The van der Waals surface area contributed by atoms with Gasteiger partial charge in [-0.25, -0.2) is 4.98 Å². The van der Waals surface area contributed by atoms with E-state index >= 15 is 0 Å². The van der Waals surface area contributed by atoms with Crippen LogP contribution in [0, 0.1) is 0 Å². The molecule has 0 aromatic carbocycles. The Morgan fingerprint density at radius 2 is 2.27 bits per heavy atom. The lowest BCUT2D eigenvalue weighted by Gasteiger charge is -2.25. The first-order valence-electron chi connectivity index (χ1n) is 8.10. The molecule has 0 amide bonds. The summed E-state index contributed by atoms with van der Waals surface area (Å²) >= 11 is 0. The minimum absolute atomic E-state index is 0.475. The summed E-state index contributed by atoms with van der Waals surface area (Å²) in [6.45, 7) is 2.72. The maximum Gasteiger partial charge on any atom is 0.197 e. The van der Waals surface area contributed by atoms with Gasteiger partial charge in [0, 0.05) is 31.2 Å². The molecule has 1 aliphatic heterocycles. The van der Waals surface area contributed by atoms with Crippen LogP contribution in [0.15, 0.2) is 28.9 Å². The van der Waals surface area contributed by atoms with E-state index in [-0.39, 0.29) is 0 Å². The van der Waals surface area contributed by atoms with Crippen LogP contribution < -0.4 is 10.2 Å². The van der Waals surface area contributed by atoms with E-state index in [1.165, 1.54) is 25.7 Å². The Morgan fingerprint density at radius 3 is 3.09 bits per heavy atom. The molecule has 2 aromatic heterocycles. The third-order valence-electron chi connectivity index (χ3n) is 4.41. The Hall–Kier alpha value is -1.95. The smallest absolute Gasteiger partial charge is 0.197 e. The molecule has 22 heavy (non-hydrogen) atoms. The summed E-state index contributed by atoms with van der Waals surface area (Å²) in [4.78, 5) is 6.70. The van der Waals surface area contributed by atoms with E-state index in [2.05, 4.69) is 25.4 Å². The molecule has 0 bridgehead atoms. The molecule has 1 atom stereocenters. The fourth-order valence-electron chi connectivity index (χ4n) is 3.08. The van der Waals surface area contributed by atoms with Crippen LogP contribution in [0.4, 0.5) is 5.82 Å². The van der Waals surface area contributed by atoms with Crippen LogP contribution in [-0.2, 0) is 6.54 Å². The summed E-state index contributed by atoms with van der Waals surface area (Å²) in [6.07, 6.45) is 8.42. The lowest BCUT2D eigenvalue weighted by atomic mass is 10.2. The van der Waals surface area contributed by atoms with Gasteiger partial charge in [-0.05, 0) is 37.8 Å². The van der Waals surface area contributed by atoms with E-state index in [1.807, 2.05) is 18.3 Å². The van der Waals surface area contributed by atoms with Crippen LogP contribution in [0.3, 0.4) is 0 Å². The molecule has 0 spiro atoms. The first-order chi connectivity index (χ1) is 10.9. The number of hydrogen-bond donors (Lipinski definition) is 1. The number of aromatic nitrogens is 3. The lowest BCUT2D eigenvalue weighted by molar-refractivity contribution is 0.434. The number of anilines is 1. The summed E-state index contributed by atoms with van der Waals surface area (Å²) < 4.78 is 5.77. The van der Waals surface area contributed by atoms with Crippen LogP contribution in [0.2, 0.25) is 0 Å². The fraction of sp³-hybridized carbons (Fsp3) is 0.562. The van der Waals surface area contributed by atoms with Crippen LogP contribution in [0.1, 0.15) is 43.3 Å². The summed E-state index contributed by atoms with van der Waals surface area (Å²) in [6, 6.07) is 4.45. The van der Waals surface area contributed by atoms with Gasteiger partial charge in [-0.1, -0.05) is 0 Å². The van der Waals surface area contributed by atoms with Gasteiger partial charge < -0.3 is 14.6 Å². The normalized spacial score (nSPS) is 21.5. The van der Waals surface area contributed by atoms with Gasteiger partial charge in [0.15, 0.2) is 11.7 Å². The summed E-state index contributed by atoms with van der Waals surface area (Å²) in [5.41, 5.74) is 0. The van der Waals surface area contributed by atoms with Gasteiger partial charge in [0.2, 0.25) is 0 Å². The minimum atomic E-state index is 0.475. The van der Waals surface area contributed by atoms with Gasteiger partial charge in [0.05, 0.1) is 12.7 Å². The molecule has 0 radical (unpaired) electrons. The van der Waals surface area contributed by atoms with E-state index in [0.29, 0.717) is 12.0 Å². The molecule has 4 rings (SSSR count). The number of oxazole rings is 1. The monoisotopic (exact) mass is 299 g/mol. The van der Waals surface area contributed by atoms with E-state index in [1.54, 1.807) is 6.20 Å². The highest BCUT2D eigenvalue weighted by molar-refractivity contribution is 5.39. The number of nitrogens with one attached hydrogen (secondary N) is 1. The zero-order chi connectivity index (χ0) is 14.8. The third kappa shape index (κ3) is 2.97. The second-order valence-electron chi connectivity index (χ2n) is 6.14. The Kier molecular flexibility index (Phi) is 3.76. The van der Waals surface area contributed by atoms with E-state index in [0.717, 1.165) is 37.1 Å². The van der Waals surface area contributed by atoms with E-state index in [9.17, 15) is 0 Å². The molecule has 3 heterocycles. The molecule has 116 valence electrons. The van der Waals surface area contributed by atoms with Crippen LogP contribution in [-0.4, -0.2) is 34.3 Å².